The number of fused-ring (bicyclic) bond motifs is 1. The van der Waals surface area contributed by atoms with E-state index in [9.17, 15) is 9.59 Å². The van der Waals surface area contributed by atoms with Crippen LogP contribution < -0.4 is 19.7 Å². The molecule has 0 bridgehead atoms. The Hall–Kier alpha value is -3.71. The van der Waals surface area contributed by atoms with E-state index >= 15 is 0 Å². The van der Waals surface area contributed by atoms with Crippen molar-refractivity contribution in [3.05, 3.63) is 71.8 Å². The number of hydrogen-bond acceptors (Lipinski definition) is 5. The van der Waals surface area contributed by atoms with Crippen LogP contribution in [0.25, 0.3) is 16.8 Å². The molecular weight excluding hydrogens is 400 g/mol. The molecule has 0 aliphatic carbocycles. The number of rotatable bonds is 4. The predicted molar refractivity (Wildman–Crippen MR) is 120 cm³/mol. The molecule has 0 atom stereocenters. The highest BCUT2D eigenvalue weighted by molar-refractivity contribution is 7.80. The standard InChI is InChI=1S/C23H18N2O4S/c1-28-16-10-8-15(9-11-16)25-22(27)19(21(26)24-23(25)30)13-18-17-6-4-3-5-14(17)7-12-20(18)29-2/h3-13H,1-2H3,(H,24,26,30)/b19-13+. The highest BCUT2D eigenvalue weighted by Gasteiger charge is 2.34. The third-order valence-corrected chi connectivity index (χ3v) is 5.16. The molecule has 1 aliphatic rings. The van der Waals surface area contributed by atoms with Crippen molar-refractivity contribution in [3.63, 3.8) is 0 Å². The Labute approximate surface area is 178 Å². The Balaban J connectivity index is 1.83. The van der Waals surface area contributed by atoms with Crippen LogP contribution in [0.4, 0.5) is 5.69 Å². The Morgan fingerprint density at radius 1 is 0.933 bits per heavy atom. The van der Waals surface area contributed by atoms with Gasteiger partial charge in [-0.25, -0.2) is 0 Å². The van der Waals surface area contributed by atoms with Crippen LogP contribution in [0.5, 0.6) is 11.5 Å². The van der Waals surface area contributed by atoms with Crippen molar-refractivity contribution in [2.75, 3.05) is 19.1 Å². The van der Waals surface area contributed by atoms with E-state index in [0.29, 0.717) is 22.7 Å². The molecule has 0 radical (unpaired) electrons. The van der Waals surface area contributed by atoms with Crippen molar-refractivity contribution in [1.82, 2.24) is 5.32 Å². The van der Waals surface area contributed by atoms with Gasteiger partial charge in [0.1, 0.15) is 17.1 Å². The maximum absolute atomic E-state index is 13.3. The Kier molecular flexibility index (Phi) is 5.20. The molecule has 1 aliphatic heterocycles. The van der Waals surface area contributed by atoms with Gasteiger partial charge < -0.3 is 9.47 Å². The first-order chi connectivity index (χ1) is 14.5. The Bertz CT molecular complexity index is 1200. The average Bonchev–Trinajstić information content (AvgIpc) is 2.76. The summed E-state index contributed by atoms with van der Waals surface area (Å²) in [4.78, 5) is 27.2. The number of nitrogens with one attached hydrogen (secondary N) is 1. The van der Waals surface area contributed by atoms with Crippen molar-refractivity contribution in [3.8, 4) is 11.5 Å². The van der Waals surface area contributed by atoms with Crippen molar-refractivity contribution in [2.45, 2.75) is 0 Å². The number of thiocarbonyl (C=S) groups is 1. The van der Waals surface area contributed by atoms with Gasteiger partial charge in [-0.2, -0.15) is 0 Å². The van der Waals surface area contributed by atoms with Crippen molar-refractivity contribution >= 4 is 51.7 Å². The fourth-order valence-corrected chi connectivity index (χ4v) is 3.65. The normalized spacial score (nSPS) is 15.5. The summed E-state index contributed by atoms with van der Waals surface area (Å²) in [7, 11) is 3.11. The smallest absolute Gasteiger partial charge is 0.270 e. The lowest BCUT2D eigenvalue weighted by atomic mass is 9.99. The second-order valence-electron chi connectivity index (χ2n) is 6.56. The van der Waals surface area contributed by atoms with E-state index in [-0.39, 0.29) is 10.7 Å². The van der Waals surface area contributed by atoms with Crippen LogP contribution in [0.15, 0.2) is 66.2 Å². The zero-order valence-corrected chi connectivity index (χ0v) is 17.2. The van der Waals surface area contributed by atoms with Gasteiger partial charge in [-0.05, 0) is 59.4 Å². The topological polar surface area (TPSA) is 67.9 Å². The van der Waals surface area contributed by atoms with Crippen LogP contribution >= 0.6 is 12.2 Å². The molecule has 0 aromatic heterocycles. The summed E-state index contributed by atoms with van der Waals surface area (Å²) in [6.45, 7) is 0. The predicted octanol–water partition coefficient (Wildman–Crippen LogP) is 3.69. The van der Waals surface area contributed by atoms with Crippen molar-refractivity contribution < 1.29 is 19.1 Å². The fourth-order valence-electron chi connectivity index (χ4n) is 3.37. The summed E-state index contributed by atoms with van der Waals surface area (Å²) in [6, 6.07) is 18.3. The number of ether oxygens (including phenoxy) is 2. The molecule has 30 heavy (non-hydrogen) atoms. The minimum atomic E-state index is -0.551. The summed E-state index contributed by atoms with van der Waals surface area (Å²) in [5.41, 5.74) is 1.15. The minimum absolute atomic E-state index is 0.0252. The second kappa shape index (κ2) is 7.96. The van der Waals surface area contributed by atoms with Crippen molar-refractivity contribution in [1.29, 1.82) is 0 Å². The molecule has 6 nitrogen and oxygen atoms in total. The summed E-state index contributed by atoms with van der Waals surface area (Å²) in [6.07, 6.45) is 1.55. The van der Waals surface area contributed by atoms with E-state index in [1.165, 1.54) is 4.90 Å². The number of benzene rings is 3. The van der Waals surface area contributed by atoms with Crippen LogP contribution in [0.3, 0.4) is 0 Å². The highest BCUT2D eigenvalue weighted by Crippen LogP contribution is 2.31. The van der Waals surface area contributed by atoms with E-state index in [1.807, 2.05) is 36.4 Å². The molecule has 0 spiro atoms. The summed E-state index contributed by atoms with van der Waals surface area (Å²) in [5.74, 6) is 0.147. The minimum Gasteiger partial charge on any atom is -0.497 e. The SMILES string of the molecule is COc1ccc(N2C(=O)/C(=C/c3c(OC)ccc4ccccc34)C(=O)NC2=S)cc1. The molecule has 150 valence electrons. The van der Waals surface area contributed by atoms with Gasteiger partial charge in [0.25, 0.3) is 11.8 Å². The number of carbonyl (C=O) groups excluding carboxylic acids is 2. The number of anilines is 1. The number of amides is 2. The molecule has 3 aromatic rings. The molecule has 7 heteroatoms. The van der Waals surface area contributed by atoms with Gasteiger partial charge in [0.2, 0.25) is 0 Å². The Morgan fingerprint density at radius 3 is 2.37 bits per heavy atom. The van der Waals surface area contributed by atoms with Gasteiger partial charge in [0.15, 0.2) is 5.11 Å². The largest absolute Gasteiger partial charge is 0.497 e. The first-order valence-corrected chi connectivity index (χ1v) is 9.55. The van der Waals surface area contributed by atoms with Gasteiger partial charge in [0, 0.05) is 5.56 Å². The van der Waals surface area contributed by atoms with Gasteiger partial charge in [-0.15, -0.1) is 0 Å². The number of methoxy groups -OCH3 is 2. The first kappa shape index (κ1) is 19.6. The first-order valence-electron chi connectivity index (χ1n) is 9.14. The van der Waals surface area contributed by atoms with Crippen molar-refractivity contribution in [2.24, 2.45) is 0 Å². The number of hydrogen-bond donors (Lipinski definition) is 1. The number of carbonyl (C=O) groups is 2. The quantitative estimate of drug-likeness (QED) is 0.398. The average molecular weight is 418 g/mol. The molecule has 2 amide bonds. The van der Waals surface area contributed by atoms with Crippen LogP contribution in [-0.4, -0.2) is 31.1 Å². The molecule has 0 unspecified atom stereocenters. The number of nitrogens with zero attached hydrogens (tertiary/aromatic N) is 1. The van der Waals surface area contributed by atoms with Crippen LogP contribution in [0.1, 0.15) is 5.56 Å². The zero-order valence-electron chi connectivity index (χ0n) is 16.3. The van der Waals surface area contributed by atoms with E-state index in [0.717, 1.165) is 10.8 Å². The lowest BCUT2D eigenvalue weighted by Gasteiger charge is -2.29. The fraction of sp³-hybridized carbons (Fsp3) is 0.0870. The van der Waals surface area contributed by atoms with E-state index < -0.39 is 11.8 Å². The summed E-state index contributed by atoms with van der Waals surface area (Å²) < 4.78 is 10.6. The molecule has 4 rings (SSSR count). The molecule has 1 fully saturated rings. The van der Waals surface area contributed by atoms with Gasteiger partial charge in [-0.1, -0.05) is 30.3 Å². The molecule has 1 heterocycles. The van der Waals surface area contributed by atoms with E-state index in [1.54, 1.807) is 44.6 Å². The van der Waals surface area contributed by atoms with E-state index in [2.05, 4.69) is 5.32 Å². The van der Waals surface area contributed by atoms with Crippen LogP contribution in [0.2, 0.25) is 0 Å². The lowest BCUT2D eigenvalue weighted by molar-refractivity contribution is -0.122. The molecule has 0 saturated carbocycles. The molecule has 1 saturated heterocycles. The second-order valence-corrected chi connectivity index (χ2v) is 6.95. The van der Waals surface area contributed by atoms with E-state index in [4.69, 9.17) is 21.7 Å². The van der Waals surface area contributed by atoms with Crippen LogP contribution in [0, 0.1) is 0 Å². The maximum Gasteiger partial charge on any atom is 0.270 e. The van der Waals surface area contributed by atoms with Gasteiger partial charge in [0.05, 0.1) is 19.9 Å². The monoisotopic (exact) mass is 418 g/mol. The van der Waals surface area contributed by atoms with Gasteiger partial charge in [-0.3, -0.25) is 19.8 Å². The molecule has 1 N–H and O–H groups in total. The maximum atomic E-state index is 13.3. The third kappa shape index (κ3) is 3.40. The van der Waals surface area contributed by atoms with Crippen LogP contribution in [-0.2, 0) is 9.59 Å². The lowest BCUT2D eigenvalue weighted by Crippen LogP contribution is -2.54. The van der Waals surface area contributed by atoms with Gasteiger partial charge >= 0.3 is 0 Å². The third-order valence-electron chi connectivity index (χ3n) is 4.87. The molecule has 3 aromatic carbocycles. The highest BCUT2D eigenvalue weighted by atomic mass is 32.1. The molecular formula is C23H18N2O4S. The summed E-state index contributed by atoms with van der Waals surface area (Å²) >= 11 is 5.26. The Morgan fingerprint density at radius 2 is 1.67 bits per heavy atom. The zero-order chi connectivity index (χ0) is 21.3. The summed E-state index contributed by atoms with van der Waals surface area (Å²) in [5, 5.41) is 4.46.